The topological polar surface area (TPSA) is 75.9 Å². The molecule has 1 amide bonds. The molecule has 0 bridgehead atoms. The number of pyridine rings is 1. The van der Waals surface area contributed by atoms with Gasteiger partial charge < -0.3 is 9.88 Å². The second-order valence-electron chi connectivity index (χ2n) is 12.3. The molecule has 0 unspecified atom stereocenters. The zero-order valence-corrected chi connectivity index (χ0v) is 23.2. The molecule has 7 nitrogen and oxygen atoms in total. The molecular formula is C31H40N6O. The van der Waals surface area contributed by atoms with Crippen LogP contribution in [0.1, 0.15) is 97.5 Å². The van der Waals surface area contributed by atoms with E-state index in [1.54, 1.807) is 6.33 Å². The van der Waals surface area contributed by atoms with Crippen LogP contribution in [0.5, 0.6) is 0 Å². The van der Waals surface area contributed by atoms with Gasteiger partial charge in [0.1, 0.15) is 17.8 Å². The van der Waals surface area contributed by atoms with Crippen molar-refractivity contribution in [3.63, 3.8) is 0 Å². The molecule has 2 fully saturated rings. The number of nitrogens with one attached hydrogen (secondary N) is 1. The van der Waals surface area contributed by atoms with E-state index in [1.807, 2.05) is 23.7 Å². The molecule has 1 saturated carbocycles. The Morgan fingerprint density at radius 2 is 1.97 bits per heavy atom. The molecule has 2 aliphatic carbocycles. The van der Waals surface area contributed by atoms with Crippen LogP contribution in [0.25, 0.3) is 0 Å². The Morgan fingerprint density at radius 3 is 2.71 bits per heavy atom. The highest BCUT2D eigenvalue weighted by molar-refractivity contribution is 6.03. The summed E-state index contributed by atoms with van der Waals surface area (Å²) < 4.78 is 2.03. The second-order valence-corrected chi connectivity index (χ2v) is 12.3. The molecule has 0 spiro atoms. The maximum atomic E-state index is 13.6. The average molecular weight is 513 g/mol. The minimum Gasteiger partial charge on any atom is -0.321 e. The number of hydrogen-bond donors (Lipinski definition) is 1. The van der Waals surface area contributed by atoms with Gasteiger partial charge >= 0.3 is 0 Å². The monoisotopic (exact) mass is 512 g/mol. The first-order valence-electron chi connectivity index (χ1n) is 14.3. The molecule has 2 aromatic heterocycles. The number of anilines is 1. The summed E-state index contributed by atoms with van der Waals surface area (Å²) in [4.78, 5) is 21.0. The highest BCUT2D eigenvalue weighted by Gasteiger charge is 2.48. The van der Waals surface area contributed by atoms with Gasteiger partial charge in [-0.1, -0.05) is 32.9 Å². The van der Waals surface area contributed by atoms with Crippen LogP contribution in [0.4, 0.5) is 5.69 Å². The molecule has 3 aromatic rings. The number of aryl methyl sites for hydroxylation is 1. The van der Waals surface area contributed by atoms with Crippen molar-refractivity contribution in [1.82, 2.24) is 24.6 Å². The normalized spacial score (nSPS) is 27.1. The third-order valence-corrected chi connectivity index (χ3v) is 9.12. The minimum absolute atomic E-state index is 0.132. The van der Waals surface area contributed by atoms with Crippen molar-refractivity contribution in [2.24, 2.45) is 18.9 Å². The Bertz CT molecular complexity index is 1340. The lowest BCUT2D eigenvalue weighted by Gasteiger charge is -2.46. The number of nitrogens with zero attached hydrogens (tertiary/aromatic N) is 5. The van der Waals surface area contributed by atoms with Crippen LogP contribution in [-0.4, -0.2) is 43.6 Å². The van der Waals surface area contributed by atoms with E-state index in [0.29, 0.717) is 17.5 Å². The van der Waals surface area contributed by atoms with E-state index in [0.717, 1.165) is 68.4 Å². The van der Waals surface area contributed by atoms with Gasteiger partial charge in [-0.3, -0.25) is 9.69 Å². The largest absolute Gasteiger partial charge is 0.321 e. The van der Waals surface area contributed by atoms with Gasteiger partial charge in [-0.15, -0.1) is 10.2 Å². The Labute approximate surface area is 226 Å². The van der Waals surface area contributed by atoms with E-state index in [4.69, 9.17) is 4.98 Å². The van der Waals surface area contributed by atoms with E-state index < -0.39 is 0 Å². The predicted octanol–water partition coefficient (Wildman–Crippen LogP) is 5.46. The summed E-state index contributed by atoms with van der Waals surface area (Å²) in [5.74, 6) is 2.61. The smallest absolute Gasteiger partial charge is 0.274 e. The summed E-state index contributed by atoms with van der Waals surface area (Å²) in [6.07, 6.45) is 8.57. The summed E-state index contributed by atoms with van der Waals surface area (Å²) in [6, 6.07) is 10.3. The molecular weight excluding hydrogens is 472 g/mol. The first kappa shape index (κ1) is 25.2. The molecule has 3 aliphatic rings. The zero-order chi connectivity index (χ0) is 26.4. The van der Waals surface area contributed by atoms with Crippen LogP contribution >= 0.6 is 0 Å². The number of benzene rings is 1. The first-order valence-corrected chi connectivity index (χ1v) is 14.3. The number of piperidine rings is 1. The molecule has 200 valence electrons. The number of amides is 1. The van der Waals surface area contributed by atoms with Crippen LogP contribution in [-0.2, 0) is 25.4 Å². The lowest BCUT2D eigenvalue weighted by molar-refractivity contribution is 0.102. The van der Waals surface area contributed by atoms with Gasteiger partial charge in [-0.25, -0.2) is 4.98 Å². The highest BCUT2D eigenvalue weighted by atomic mass is 16.1. The zero-order valence-electron chi connectivity index (χ0n) is 23.2. The van der Waals surface area contributed by atoms with Crippen molar-refractivity contribution in [3.05, 3.63) is 70.6 Å². The molecule has 6 rings (SSSR count). The quantitative estimate of drug-likeness (QED) is 0.475. The first-order chi connectivity index (χ1) is 18.3. The van der Waals surface area contributed by atoms with Gasteiger partial charge in [0, 0.05) is 31.5 Å². The molecule has 7 heteroatoms. The molecule has 1 saturated heterocycles. The molecule has 38 heavy (non-hydrogen) atoms. The SMILES string of the molecule is CC1CC(c2cccc(NC(=O)c3cc(CN4CCC[C@H](C)C4)c4c(n3)[C@@H](C)CC4)c2)(c2nncn2C)C1. The van der Waals surface area contributed by atoms with E-state index in [9.17, 15) is 4.79 Å². The van der Waals surface area contributed by atoms with Gasteiger partial charge in [-0.2, -0.15) is 0 Å². The van der Waals surface area contributed by atoms with Crippen LogP contribution in [0.2, 0.25) is 0 Å². The number of hydrogen-bond acceptors (Lipinski definition) is 5. The van der Waals surface area contributed by atoms with Crippen molar-refractivity contribution in [2.75, 3.05) is 18.4 Å². The second kappa shape index (κ2) is 9.92. The average Bonchev–Trinajstić information content (AvgIpc) is 3.48. The van der Waals surface area contributed by atoms with E-state index in [1.165, 1.54) is 29.5 Å². The number of aromatic nitrogens is 4. The van der Waals surface area contributed by atoms with Crippen molar-refractivity contribution >= 4 is 11.6 Å². The van der Waals surface area contributed by atoms with Crippen molar-refractivity contribution < 1.29 is 4.79 Å². The summed E-state index contributed by atoms with van der Waals surface area (Å²) in [6.45, 7) is 10.0. The number of carbonyl (C=O) groups excluding carboxylic acids is 1. The molecule has 2 atom stereocenters. The Kier molecular flexibility index (Phi) is 6.58. The van der Waals surface area contributed by atoms with Gasteiger partial charge in [0.25, 0.3) is 5.91 Å². The van der Waals surface area contributed by atoms with Crippen LogP contribution in [0.15, 0.2) is 36.7 Å². The summed E-state index contributed by atoms with van der Waals surface area (Å²) in [7, 11) is 2.01. The Morgan fingerprint density at radius 1 is 1.13 bits per heavy atom. The molecule has 3 heterocycles. The van der Waals surface area contributed by atoms with Gasteiger partial charge in [0.2, 0.25) is 0 Å². The van der Waals surface area contributed by atoms with E-state index in [-0.39, 0.29) is 11.3 Å². The Hall–Kier alpha value is -3.06. The van der Waals surface area contributed by atoms with Gasteiger partial charge in [0.05, 0.1) is 5.41 Å². The lowest BCUT2D eigenvalue weighted by atomic mass is 9.58. The van der Waals surface area contributed by atoms with Crippen LogP contribution in [0, 0.1) is 11.8 Å². The predicted molar refractivity (Wildman–Crippen MR) is 149 cm³/mol. The van der Waals surface area contributed by atoms with E-state index in [2.05, 4.69) is 59.4 Å². The Balaban J connectivity index is 1.27. The highest BCUT2D eigenvalue weighted by Crippen LogP contribution is 2.51. The fourth-order valence-corrected chi connectivity index (χ4v) is 7.25. The molecule has 0 radical (unpaired) electrons. The lowest BCUT2D eigenvalue weighted by Crippen LogP contribution is -2.43. The van der Waals surface area contributed by atoms with Gasteiger partial charge in [-0.05, 0) is 97.7 Å². The number of rotatable bonds is 6. The van der Waals surface area contributed by atoms with Crippen molar-refractivity contribution in [2.45, 2.75) is 77.2 Å². The van der Waals surface area contributed by atoms with Crippen LogP contribution < -0.4 is 5.32 Å². The fourth-order valence-electron chi connectivity index (χ4n) is 7.25. The standard InChI is InChI=1S/C31H40N6O/c1-20-7-6-12-37(17-20)18-23-13-27(34-28-22(3)10-11-26(23)28)29(38)33-25-9-5-8-24(14-25)31(15-21(2)16-31)30-35-32-19-36(30)4/h5,8-9,13-14,19-22H,6-7,10-12,15-18H2,1-4H3,(H,33,38)/t20-,21?,22-,31?/m0/s1. The van der Waals surface area contributed by atoms with E-state index >= 15 is 0 Å². The van der Waals surface area contributed by atoms with Crippen LogP contribution in [0.3, 0.4) is 0 Å². The number of carbonyl (C=O) groups is 1. The number of likely N-dealkylation sites (tertiary alicyclic amines) is 1. The molecule has 1 N–H and O–H groups in total. The summed E-state index contributed by atoms with van der Waals surface area (Å²) in [5, 5.41) is 11.8. The fraction of sp³-hybridized carbons (Fsp3) is 0.548. The number of fused-ring (bicyclic) bond motifs is 1. The minimum atomic E-state index is -0.161. The molecule has 1 aliphatic heterocycles. The maximum absolute atomic E-state index is 13.6. The van der Waals surface area contributed by atoms with Gasteiger partial charge in [0.15, 0.2) is 0 Å². The third kappa shape index (κ3) is 4.55. The van der Waals surface area contributed by atoms with Crippen molar-refractivity contribution in [1.29, 1.82) is 0 Å². The maximum Gasteiger partial charge on any atom is 0.274 e. The summed E-state index contributed by atoms with van der Waals surface area (Å²) >= 11 is 0. The van der Waals surface area contributed by atoms with Crippen molar-refractivity contribution in [3.8, 4) is 0 Å². The molecule has 1 aromatic carbocycles. The third-order valence-electron chi connectivity index (χ3n) is 9.12. The summed E-state index contributed by atoms with van der Waals surface area (Å²) in [5.41, 5.74) is 6.14.